The fourth-order valence-electron chi connectivity index (χ4n) is 2.72. The molecule has 0 unspecified atom stereocenters. The summed E-state index contributed by atoms with van der Waals surface area (Å²) in [4.78, 5) is 24.1. The van der Waals surface area contributed by atoms with E-state index in [4.69, 9.17) is 4.74 Å². The molecule has 0 spiro atoms. The number of ketones is 1. The number of para-hydroxylation sites is 1. The van der Waals surface area contributed by atoms with Gasteiger partial charge in [0.25, 0.3) is 0 Å². The van der Waals surface area contributed by atoms with Gasteiger partial charge in [-0.25, -0.2) is 4.79 Å². The first-order valence-electron chi connectivity index (χ1n) is 7.59. The van der Waals surface area contributed by atoms with Crippen molar-refractivity contribution in [3.63, 3.8) is 0 Å². The summed E-state index contributed by atoms with van der Waals surface area (Å²) in [6.07, 6.45) is 1.85. The summed E-state index contributed by atoms with van der Waals surface area (Å²) in [5.41, 5.74) is 2.85. The molecule has 0 bridgehead atoms. The Balaban J connectivity index is 1.77. The van der Waals surface area contributed by atoms with E-state index in [-0.39, 0.29) is 12.3 Å². The van der Waals surface area contributed by atoms with Gasteiger partial charge >= 0.3 is 5.97 Å². The maximum absolute atomic E-state index is 12.6. The van der Waals surface area contributed by atoms with Crippen LogP contribution in [0, 0.1) is 0 Å². The Morgan fingerprint density at radius 2 is 1.92 bits per heavy atom. The highest BCUT2D eigenvalue weighted by Crippen LogP contribution is 2.21. The Labute approximate surface area is 139 Å². The summed E-state index contributed by atoms with van der Waals surface area (Å²) in [7, 11) is 3.26. The molecule has 5 nitrogen and oxygen atoms in total. The molecule has 0 radical (unpaired) electrons. The Hall–Kier alpha value is -3.08. The van der Waals surface area contributed by atoms with Gasteiger partial charge in [0.15, 0.2) is 5.78 Å². The van der Waals surface area contributed by atoms with Crippen LogP contribution in [0.25, 0.3) is 10.9 Å². The number of carbonyl (C=O) groups excluding carboxylic acids is 2. The third-order valence-electron chi connectivity index (χ3n) is 3.93. The predicted octanol–water partition coefficient (Wildman–Crippen LogP) is 3.26. The first kappa shape index (κ1) is 15.8. The number of hydrogen-bond donors (Lipinski definition) is 1. The van der Waals surface area contributed by atoms with Crippen LogP contribution >= 0.6 is 0 Å². The highest BCUT2D eigenvalue weighted by atomic mass is 16.5. The number of benzene rings is 2. The van der Waals surface area contributed by atoms with Crippen molar-refractivity contribution in [1.82, 2.24) is 4.57 Å². The molecule has 0 fully saturated rings. The van der Waals surface area contributed by atoms with E-state index < -0.39 is 5.97 Å². The van der Waals surface area contributed by atoms with E-state index in [1.165, 1.54) is 7.11 Å². The number of anilines is 1. The highest BCUT2D eigenvalue weighted by molar-refractivity contribution is 6.09. The molecular weight excluding hydrogens is 304 g/mol. The van der Waals surface area contributed by atoms with E-state index in [0.717, 1.165) is 10.9 Å². The molecule has 5 heteroatoms. The Morgan fingerprint density at radius 1 is 1.12 bits per heavy atom. The van der Waals surface area contributed by atoms with Crippen LogP contribution < -0.4 is 5.32 Å². The highest BCUT2D eigenvalue weighted by Gasteiger charge is 2.13. The molecule has 3 rings (SSSR count). The van der Waals surface area contributed by atoms with Gasteiger partial charge in [-0.3, -0.25) is 4.79 Å². The monoisotopic (exact) mass is 322 g/mol. The minimum absolute atomic E-state index is 0.00438. The van der Waals surface area contributed by atoms with E-state index in [9.17, 15) is 9.59 Å². The Morgan fingerprint density at radius 3 is 2.71 bits per heavy atom. The van der Waals surface area contributed by atoms with Crippen LogP contribution in [0.5, 0.6) is 0 Å². The maximum atomic E-state index is 12.6. The lowest BCUT2D eigenvalue weighted by atomic mass is 10.1. The fourth-order valence-corrected chi connectivity index (χ4v) is 2.72. The van der Waals surface area contributed by atoms with Crippen molar-refractivity contribution in [2.75, 3.05) is 19.0 Å². The third kappa shape index (κ3) is 3.01. The zero-order valence-electron chi connectivity index (χ0n) is 13.6. The smallest absolute Gasteiger partial charge is 0.337 e. The lowest BCUT2D eigenvalue weighted by Crippen LogP contribution is -2.14. The number of methoxy groups -OCH3 is 1. The van der Waals surface area contributed by atoms with Crippen molar-refractivity contribution in [2.45, 2.75) is 0 Å². The number of hydrogen-bond acceptors (Lipinski definition) is 4. The number of esters is 1. The number of carbonyl (C=O) groups is 2. The van der Waals surface area contributed by atoms with Gasteiger partial charge in [0.2, 0.25) is 0 Å². The normalized spacial score (nSPS) is 10.6. The van der Waals surface area contributed by atoms with Gasteiger partial charge in [-0.1, -0.05) is 24.3 Å². The zero-order chi connectivity index (χ0) is 17.1. The second-order valence-electron chi connectivity index (χ2n) is 5.52. The van der Waals surface area contributed by atoms with Crippen LogP contribution in [-0.4, -0.2) is 30.0 Å². The van der Waals surface area contributed by atoms with E-state index >= 15 is 0 Å². The van der Waals surface area contributed by atoms with E-state index in [1.807, 2.05) is 48.1 Å². The number of Topliss-reactive ketones (excluding diaryl/α,β-unsaturated/α-hetero) is 1. The van der Waals surface area contributed by atoms with Crippen LogP contribution in [0.3, 0.4) is 0 Å². The van der Waals surface area contributed by atoms with Gasteiger partial charge in [-0.15, -0.1) is 0 Å². The molecule has 0 atom stereocenters. The third-order valence-corrected chi connectivity index (χ3v) is 3.93. The molecule has 2 aromatic carbocycles. The number of nitrogens with one attached hydrogen (secondary N) is 1. The average Bonchev–Trinajstić information content (AvgIpc) is 2.96. The van der Waals surface area contributed by atoms with E-state index in [0.29, 0.717) is 16.8 Å². The largest absolute Gasteiger partial charge is 0.465 e. The van der Waals surface area contributed by atoms with Crippen molar-refractivity contribution in [1.29, 1.82) is 0 Å². The van der Waals surface area contributed by atoms with Crippen molar-refractivity contribution in [3.8, 4) is 0 Å². The minimum Gasteiger partial charge on any atom is -0.465 e. The number of aryl methyl sites for hydroxylation is 1. The summed E-state index contributed by atoms with van der Waals surface area (Å²) in [5, 5.41) is 4.01. The van der Waals surface area contributed by atoms with Crippen LogP contribution in [0.1, 0.15) is 20.7 Å². The minimum atomic E-state index is -0.404. The van der Waals surface area contributed by atoms with Crippen molar-refractivity contribution < 1.29 is 14.3 Å². The number of fused-ring (bicyclic) bond motifs is 1. The second kappa shape index (κ2) is 6.58. The van der Waals surface area contributed by atoms with Crippen molar-refractivity contribution >= 4 is 28.3 Å². The maximum Gasteiger partial charge on any atom is 0.337 e. The first-order valence-corrected chi connectivity index (χ1v) is 7.59. The van der Waals surface area contributed by atoms with Crippen LogP contribution in [0.15, 0.2) is 54.7 Å². The molecule has 0 saturated heterocycles. The quantitative estimate of drug-likeness (QED) is 0.578. The number of ether oxygens (including phenoxy) is 1. The van der Waals surface area contributed by atoms with Gasteiger partial charge in [-0.05, 0) is 24.3 Å². The van der Waals surface area contributed by atoms with Gasteiger partial charge < -0.3 is 14.6 Å². The Kier molecular flexibility index (Phi) is 4.33. The molecular formula is C19H18N2O3. The lowest BCUT2D eigenvalue weighted by Gasteiger charge is -2.07. The van der Waals surface area contributed by atoms with Gasteiger partial charge in [0.05, 0.1) is 19.2 Å². The molecule has 0 amide bonds. The summed E-state index contributed by atoms with van der Waals surface area (Å²) < 4.78 is 6.65. The molecule has 1 aromatic heterocycles. The number of rotatable bonds is 5. The van der Waals surface area contributed by atoms with E-state index in [1.54, 1.807) is 18.2 Å². The molecule has 0 aliphatic heterocycles. The molecule has 1 heterocycles. The summed E-state index contributed by atoms with van der Waals surface area (Å²) in [5.74, 6) is -0.408. The zero-order valence-corrected chi connectivity index (χ0v) is 13.6. The standard InChI is InChI=1S/C19H18N2O3/c1-21-12-16(15-8-3-4-9-17(15)21)18(22)11-20-14-7-5-6-13(10-14)19(23)24-2/h3-10,12,20H,11H2,1-2H3. The summed E-state index contributed by atoms with van der Waals surface area (Å²) >= 11 is 0. The number of nitrogens with zero attached hydrogens (tertiary/aromatic N) is 1. The molecule has 1 N–H and O–H groups in total. The van der Waals surface area contributed by atoms with Crippen molar-refractivity contribution in [2.24, 2.45) is 7.05 Å². The topological polar surface area (TPSA) is 60.3 Å². The lowest BCUT2D eigenvalue weighted by molar-refractivity contribution is 0.0600. The molecule has 3 aromatic rings. The predicted molar refractivity (Wildman–Crippen MR) is 93.5 cm³/mol. The molecule has 24 heavy (non-hydrogen) atoms. The molecule has 0 aliphatic carbocycles. The molecule has 0 aliphatic rings. The average molecular weight is 322 g/mol. The van der Waals surface area contributed by atoms with Crippen LogP contribution in [0.2, 0.25) is 0 Å². The van der Waals surface area contributed by atoms with Crippen LogP contribution in [0.4, 0.5) is 5.69 Å². The van der Waals surface area contributed by atoms with Gasteiger partial charge in [-0.2, -0.15) is 0 Å². The van der Waals surface area contributed by atoms with Gasteiger partial charge in [0.1, 0.15) is 0 Å². The second-order valence-corrected chi connectivity index (χ2v) is 5.52. The van der Waals surface area contributed by atoms with Crippen molar-refractivity contribution in [3.05, 3.63) is 65.9 Å². The molecule has 122 valence electrons. The summed E-state index contributed by atoms with van der Waals surface area (Å²) in [6.45, 7) is 0.151. The Bertz CT molecular complexity index is 912. The van der Waals surface area contributed by atoms with Crippen LogP contribution in [-0.2, 0) is 11.8 Å². The number of aromatic nitrogens is 1. The first-order chi connectivity index (χ1) is 11.6. The summed E-state index contributed by atoms with van der Waals surface area (Å²) in [6, 6.07) is 14.7. The van der Waals surface area contributed by atoms with Gasteiger partial charge in [0, 0.05) is 35.4 Å². The fraction of sp³-hybridized carbons (Fsp3) is 0.158. The van der Waals surface area contributed by atoms with E-state index in [2.05, 4.69) is 5.32 Å². The molecule has 0 saturated carbocycles. The SMILES string of the molecule is COC(=O)c1cccc(NCC(=O)c2cn(C)c3ccccc23)c1.